The predicted octanol–water partition coefficient (Wildman–Crippen LogP) is 5.69. The van der Waals surface area contributed by atoms with Crippen LogP contribution in [0.15, 0.2) is 47.5 Å². The monoisotopic (exact) mass is 383 g/mol. The minimum absolute atomic E-state index is 0.274. The van der Waals surface area contributed by atoms with Crippen molar-refractivity contribution in [3.05, 3.63) is 70.4 Å². The van der Waals surface area contributed by atoms with Gasteiger partial charge >= 0.3 is 6.18 Å². The zero-order chi connectivity index (χ0) is 20.3. The Morgan fingerprint density at radius 3 is 2.43 bits per heavy atom. The normalized spacial score (nSPS) is 18.7. The minimum atomic E-state index is -4.43. The number of hydrogen-bond acceptors (Lipinski definition) is 3. The van der Waals surface area contributed by atoms with Gasteiger partial charge in [-0.15, -0.1) is 10.2 Å². The maximum atomic E-state index is 13.7. The molecule has 3 aromatic rings. The molecule has 0 bridgehead atoms. The van der Waals surface area contributed by atoms with Crippen molar-refractivity contribution >= 4 is 16.6 Å². The standard InChI is InChI=1S/C22H20F3N3/c1-12-7-5-8-14-11-17(27-28-19(12)14)20-15-9-6-10-16(22(23,24)25)18(15)13(2)21(3,4)26-20/h5-11,13H,1-4H3. The Morgan fingerprint density at radius 1 is 1.00 bits per heavy atom. The quantitative estimate of drug-likeness (QED) is 0.541. The van der Waals surface area contributed by atoms with E-state index in [0.717, 1.165) is 22.5 Å². The highest BCUT2D eigenvalue weighted by molar-refractivity contribution is 6.14. The number of fused-ring (bicyclic) bond motifs is 2. The van der Waals surface area contributed by atoms with E-state index < -0.39 is 17.3 Å². The Balaban J connectivity index is 1.99. The Morgan fingerprint density at radius 2 is 1.71 bits per heavy atom. The molecule has 6 heteroatoms. The number of hydrogen-bond donors (Lipinski definition) is 0. The first kappa shape index (κ1) is 18.6. The van der Waals surface area contributed by atoms with E-state index in [-0.39, 0.29) is 11.5 Å². The number of nitrogens with zero attached hydrogens (tertiary/aromatic N) is 3. The first-order valence-corrected chi connectivity index (χ1v) is 9.13. The lowest BCUT2D eigenvalue weighted by Crippen LogP contribution is -2.35. The summed E-state index contributed by atoms with van der Waals surface area (Å²) < 4.78 is 41.1. The van der Waals surface area contributed by atoms with E-state index in [1.165, 1.54) is 6.07 Å². The third-order valence-electron chi connectivity index (χ3n) is 5.62. The van der Waals surface area contributed by atoms with Gasteiger partial charge in [0.15, 0.2) is 0 Å². The van der Waals surface area contributed by atoms with Crippen molar-refractivity contribution in [3.63, 3.8) is 0 Å². The van der Waals surface area contributed by atoms with Crippen LogP contribution in [0.25, 0.3) is 10.9 Å². The molecule has 1 unspecified atom stereocenters. The summed E-state index contributed by atoms with van der Waals surface area (Å²) in [7, 11) is 0. The third kappa shape index (κ3) is 2.87. The number of alkyl halides is 3. The van der Waals surface area contributed by atoms with Crippen LogP contribution < -0.4 is 0 Å². The van der Waals surface area contributed by atoms with Gasteiger partial charge in [-0.1, -0.05) is 37.3 Å². The van der Waals surface area contributed by atoms with E-state index in [1.54, 1.807) is 13.0 Å². The molecule has 1 aliphatic rings. The van der Waals surface area contributed by atoms with Gasteiger partial charge in [-0.2, -0.15) is 13.2 Å². The molecular weight excluding hydrogens is 363 g/mol. The fourth-order valence-electron chi connectivity index (χ4n) is 3.81. The average molecular weight is 383 g/mol. The molecule has 2 aromatic carbocycles. The van der Waals surface area contributed by atoms with Crippen molar-refractivity contribution in [1.29, 1.82) is 0 Å². The van der Waals surface area contributed by atoms with Crippen molar-refractivity contribution in [2.24, 2.45) is 4.99 Å². The molecule has 0 aliphatic carbocycles. The highest BCUT2D eigenvalue weighted by Crippen LogP contribution is 2.45. The molecular formula is C22H20F3N3. The van der Waals surface area contributed by atoms with E-state index in [0.29, 0.717) is 17.0 Å². The fourth-order valence-corrected chi connectivity index (χ4v) is 3.81. The largest absolute Gasteiger partial charge is 0.416 e. The number of halogens is 3. The molecule has 0 spiro atoms. The lowest BCUT2D eigenvalue weighted by Gasteiger charge is -2.36. The highest BCUT2D eigenvalue weighted by atomic mass is 19.4. The summed E-state index contributed by atoms with van der Waals surface area (Å²) in [5.74, 6) is -0.389. The van der Waals surface area contributed by atoms with Gasteiger partial charge in [0, 0.05) is 16.9 Å². The van der Waals surface area contributed by atoms with Crippen LogP contribution in [0.5, 0.6) is 0 Å². The van der Waals surface area contributed by atoms with Crippen LogP contribution in [-0.2, 0) is 6.18 Å². The van der Waals surface area contributed by atoms with Gasteiger partial charge in [0.25, 0.3) is 0 Å². The molecule has 1 aliphatic heterocycles. The molecule has 0 fully saturated rings. The topological polar surface area (TPSA) is 38.1 Å². The second-order valence-electron chi connectivity index (χ2n) is 7.84. The van der Waals surface area contributed by atoms with Crippen molar-refractivity contribution in [2.45, 2.75) is 45.3 Å². The van der Waals surface area contributed by atoms with Crippen molar-refractivity contribution < 1.29 is 13.2 Å². The lowest BCUT2D eigenvalue weighted by molar-refractivity contribution is -0.138. The van der Waals surface area contributed by atoms with Gasteiger partial charge in [0.1, 0.15) is 5.69 Å². The van der Waals surface area contributed by atoms with Crippen LogP contribution in [0.4, 0.5) is 13.2 Å². The molecule has 1 aromatic heterocycles. The van der Waals surface area contributed by atoms with Crippen LogP contribution >= 0.6 is 0 Å². The van der Waals surface area contributed by atoms with Gasteiger partial charge in [0.2, 0.25) is 0 Å². The fraction of sp³-hybridized carbons (Fsp3) is 0.318. The van der Waals surface area contributed by atoms with Gasteiger partial charge in [0.05, 0.1) is 22.3 Å². The van der Waals surface area contributed by atoms with Crippen LogP contribution in [0.2, 0.25) is 0 Å². The van der Waals surface area contributed by atoms with Crippen molar-refractivity contribution in [1.82, 2.24) is 10.2 Å². The molecule has 0 radical (unpaired) electrons. The van der Waals surface area contributed by atoms with Gasteiger partial charge in [-0.05, 0) is 44.0 Å². The lowest BCUT2D eigenvalue weighted by atomic mass is 9.75. The summed E-state index contributed by atoms with van der Waals surface area (Å²) >= 11 is 0. The zero-order valence-corrected chi connectivity index (χ0v) is 16.1. The second-order valence-corrected chi connectivity index (χ2v) is 7.84. The molecule has 0 saturated carbocycles. The SMILES string of the molecule is Cc1cccc2cc(C3=NC(C)(C)C(C)c4c3cccc4C(F)(F)F)nnc12. The first-order valence-electron chi connectivity index (χ1n) is 9.13. The number of aromatic nitrogens is 2. The zero-order valence-electron chi connectivity index (χ0n) is 16.1. The maximum Gasteiger partial charge on any atom is 0.416 e. The summed E-state index contributed by atoms with van der Waals surface area (Å²) in [5.41, 5.74) is 2.16. The summed E-state index contributed by atoms with van der Waals surface area (Å²) in [6.07, 6.45) is -4.43. The third-order valence-corrected chi connectivity index (χ3v) is 5.62. The molecule has 0 amide bonds. The Labute approximate surface area is 161 Å². The molecule has 144 valence electrons. The Bertz CT molecular complexity index is 1110. The number of aliphatic imine (C=N–C) groups is 1. The number of benzene rings is 2. The predicted molar refractivity (Wildman–Crippen MR) is 104 cm³/mol. The number of aryl methyl sites for hydroxylation is 1. The van der Waals surface area contributed by atoms with Crippen LogP contribution in [0, 0.1) is 6.92 Å². The Hall–Kier alpha value is -2.76. The molecule has 1 atom stereocenters. The second kappa shape index (κ2) is 6.12. The molecule has 4 rings (SSSR count). The summed E-state index contributed by atoms with van der Waals surface area (Å²) in [4.78, 5) is 4.81. The van der Waals surface area contributed by atoms with E-state index in [1.807, 2.05) is 45.0 Å². The van der Waals surface area contributed by atoms with Gasteiger partial charge in [-0.25, -0.2) is 0 Å². The van der Waals surface area contributed by atoms with Crippen molar-refractivity contribution in [2.75, 3.05) is 0 Å². The van der Waals surface area contributed by atoms with Crippen LogP contribution in [0.3, 0.4) is 0 Å². The maximum absolute atomic E-state index is 13.7. The Kier molecular flexibility index (Phi) is 4.07. The van der Waals surface area contributed by atoms with E-state index >= 15 is 0 Å². The summed E-state index contributed by atoms with van der Waals surface area (Å²) in [5, 5.41) is 9.51. The van der Waals surface area contributed by atoms with Crippen LogP contribution in [-0.4, -0.2) is 21.4 Å². The van der Waals surface area contributed by atoms with Crippen LogP contribution in [0.1, 0.15) is 54.6 Å². The average Bonchev–Trinajstić information content (AvgIpc) is 2.63. The van der Waals surface area contributed by atoms with Gasteiger partial charge < -0.3 is 0 Å². The summed E-state index contributed by atoms with van der Waals surface area (Å²) in [6.45, 7) is 7.45. The van der Waals surface area contributed by atoms with E-state index in [9.17, 15) is 13.2 Å². The molecule has 0 saturated heterocycles. The first-order chi connectivity index (χ1) is 13.1. The summed E-state index contributed by atoms with van der Waals surface area (Å²) in [6, 6.07) is 11.9. The smallest absolute Gasteiger partial charge is 0.276 e. The van der Waals surface area contributed by atoms with E-state index in [2.05, 4.69) is 10.2 Å². The van der Waals surface area contributed by atoms with E-state index in [4.69, 9.17) is 4.99 Å². The van der Waals surface area contributed by atoms with Crippen molar-refractivity contribution in [3.8, 4) is 0 Å². The molecule has 3 nitrogen and oxygen atoms in total. The molecule has 2 heterocycles. The number of rotatable bonds is 1. The minimum Gasteiger partial charge on any atom is -0.276 e. The highest BCUT2D eigenvalue weighted by Gasteiger charge is 2.42. The van der Waals surface area contributed by atoms with Gasteiger partial charge in [-0.3, -0.25) is 4.99 Å². The molecule has 28 heavy (non-hydrogen) atoms. The molecule has 0 N–H and O–H groups in total.